The van der Waals surface area contributed by atoms with Gasteiger partial charge in [0, 0.05) is 6.42 Å². The van der Waals surface area contributed by atoms with Gasteiger partial charge in [-0.05, 0) is 70.6 Å². The van der Waals surface area contributed by atoms with Gasteiger partial charge < -0.3 is 15.5 Å². The van der Waals surface area contributed by atoms with Crippen LogP contribution in [0.5, 0.6) is 0 Å². The lowest BCUT2D eigenvalue weighted by atomic mass is 10.1. The van der Waals surface area contributed by atoms with E-state index >= 15 is 0 Å². The molecule has 2 unspecified atom stereocenters. The highest BCUT2D eigenvalue weighted by Crippen LogP contribution is 2.12. The van der Waals surface area contributed by atoms with Gasteiger partial charge in [-0.2, -0.15) is 0 Å². The number of unbranched alkanes of at least 4 members (excludes halogenated alkanes) is 15. The minimum Gasteiger partial charge on any atom is -0.394 e. The molecule has 0 aliphatic rings. The SMILES string of the molecule is CC/C=C\C/C=C\C/C=C\C/C=C\C/C=C\C/C=C\CCCCCCCCC(=O)NC(CO)C(O)/C=C/CCCCCCCCCCC. The molecule has 2 atom stereocenters. The van der Waals surface area contributed by atoms with Gasteiger partial charge in [0.15, 0.2) is 0 Å². The van der Waals surface area contributed by atoms with Gasteiger partial charge in [-0.15, -0.1) is 0 Å². The Morgan fingerprint density at radius 1 is 0.521 bits per heavy atom. The minimum absolute atomic E-state index is 0.0851. The van der Waals surface area contributed by atoms with Crippen molar-refractivity contribution in [1.82, 2.24) is 5.32 Å². The third-order valence-corrected chi connectivity index (χ3v) is 8.38. The molecule has 4 nitrogen and oxygen atoms in total. The van der Waals surface area contributed by atoms with Gasteiger partial charge in [0.25, 0.3) is 0 Å². The zero-order chi connectivity index (χ0) is 35.0. The van der Waals surface area contributed by atoms with Crippen molar-refractivity contribution in [2.24, 2.45) is 0 Å². The van der Waals surface area contributed by atoms with E-state index in [-0.39, 0.29) is 12.5 Å². The smallest absolute Gasteiger partial charge is 0.220 e. The summed E-state index contributed by atoms with van der Waals surface area (Å²) in [7, 11) is 0. The molecule has 1 amide bonds. The summed E-state index contributed by atoms with van der Waals surface area (Å²) in [4.78, 5) is 12.3. The van der Waals surface area contributed by atoms with Crippen molar-refractivity contribution in [3.8, 4) is 0 Å². The Labute approximate surface area is 297 Å². The largest absolute Gasteiger partial charge is 0.394 e. The van der Waals surface area contributed by atoms with Crippen molar-refractivity contribution in [3.05, 3.63) is 85.1 Å². The average molecular weight is 666 g/mol. The molecule has 0 radical (unpaired) electrons. The molecule has 0 heterocycles. The first-order valence-corrected chi connectivity index (χ1v) is 19.8. The van der Waals surface area contributed by atoms with Crippen molar-refractivity contribution < 1.29 is 15.0 Å². The molecule has 0 bridgehead atoms. The van der Waals surface area contributed by atoms with E-state index < -0.39 is 12.1 Å². The van der Waals surface area contributed by atoms with Crippen LogP contribution in [0.2, 0.25) is 0 Å². The Morgan fingerprint density at radius 3 is 1.38 bits per heavy atom. The third kappa shape index (κ3) is 34.9. The van der Waals surface area contributed by atoms with E-state index in [2.05, 4.69) is 92.1 Å². The topological polar surface area (TPSA) is 69.6 Å². The van der Waals surface area contributed by atoms with E-state index in [0.717, 1.165) is 77.0 Å². The molecule has 0 aromatic carbocycles. The lowest BCUT2D eigenvalue weighted by Gasteiger charge is -2.20. The number of amides is 1. The summed E-state index contributed by atoms with van der Waals surface area (Å²) in [5.74, 6) is -0.0851. The number of rotatable bonds is 34. The number of aliphatic hydroxyl groups is 2. The van der Waals surface area contributed by atoms with Gasteiger partial charge in [0.1, 0.15) is 0 Å². The van der Waals surface area contributed by atoms with Crippen LogP contribution in [0.3, 0.4) is 0 Å². The number of aliphatic hydroxyl groups excluding tert-OH is 2. The summed E-state index contributed by atoms with van der Waals surface area (Å²) in [5, 5.41) is 22.9. The van der Waals surface area contributed by atoms with Crippen LogP contribution in [0.4, 0.5) is 0 Å². The van der Waals surface area contributed by atoms with Crippen LogP contribution in [0.1, 0.15) is 168 Å². The van der Waals surface area contributed by atoms with Gasteiger partial charge in [-0.25, -0.2) is 0 Å². The highest BCUT2D eigenvalue weighted by Gasteiger charge is 2.17. The number of nitrogens with one attached hydrogen (secondary N) is 1. The maximum Gasteiger partial charge on any atom is 0.220 e. The van der Waals surface area contributed by atoms with Crippen LogP contribution < -0.4 is 5.32 Å². The average Bonchev–Trinajstić information content (AvgIpc) is 3.09. The van der Waals surface area contributed by atoms with E-state index in [1.54, 1.807) is 6.08 Å². The zero-order valence-electron chi connectivity index (χ0n) is 31.2. The summed E-state index contributed by atoms with van der Waals surface area (Å²) in [6.45, 7) is 4.15. The summed E-state index contributed by atoms with van der Waals surface area (Å²) in [6.07, 6.45) is 56.7. The molecular weight excluding hydrogens is 590 g/mol. The van der Waals surface area contributed by atoms with Crippen LogP contribution in [0.15, 0.2) is 85.1 Å². The van der Waals surface area contributed by atoms with Gasteiger partial charge >= 0.3 is 0 Å². The molecule has 0 saturated carbocycles. The molecule has 0 spiro atoms. The highest BCUT2D eigenvalue weighted by atomic mass is 16.3. The van der Waals surface area contributed by atoms with Crippen LogP contribution >= 0.6 is 0 Å². The summed E-state index contributed by atoms with van der Waals surface area (Å²) < 4.78 is 0. The fraction of sp³-hybridized carbons (Fsp3) is 0.659. The summed E-state index contributed by atoms with van der Waals surface area (Å²) in [6, 6.07) is -0.633. The first kappa shape index (κ1) is 45.6. The van der Waals surface area contributed by atoms with Crippen molar-refractivity contribution in [2.75, 3.05) is 6.61 Å². The van der Waals surface area contributed by atoms with Gasteiger partial charge in [-0.1, -0.05) is 176 Å². The molecular formula is C44H75NO3. The van der Waals surface area contributed by atoms with E-state index in [9.17, 15) is 15.0 Å². The predicted molar refractivity (Wildman–Crippen MR) is 211 cm³/mol. The summed E-state index contributed by atoms with van der Waals surface area (Å²) in [5.41, 5.74) is 0. The Morgan fingerprint density at radius 2 is 0.917 bits per heavy atom. The number of carbonyl (C=O) groups excluding carboxylic acids is 1. The monoisotopic (exact) mass is 666 g/mol. The molecule has 0 saturated heterocycles. The summed E-state index contributed by atoms with van der Waals surface area (Å²) >= 11 is 0. The lowest BCUT2D eigenvalue weighted by molar-refractivity contribution is -0.123. The van der Waals surface area contributed by atoms with Gasteiger partial charge in [-0.3, -0.25) is 4.79 Å². The number of allylic oxidation sites excluding steroid dienone is 13. The zero-order valence-corrected chi connectivity index (χ0v) is 31.2. The van der Waals surface area contributed by atoms with E-state index in [4.69, 9.17) is 0 Å². The molecule has 0 fully saturated rings. The van der Waals surface area contributed by atoms with Crippen LogP contribution in [0.25, 0.3) is 0 Å². The van der Waals surface area contributed by atoms with E-state index in [1.807, 2.05) is 6.08 Å². The molecule has 274 valence electrons. The Balaban J connectivity index is 3.68. The van der Waals surface area contributed by atoms with Gasteiger partial charge in [0.05, 0.1) is 18.8 Å². The molecule has 4 heteroatoms. The van der Waals surface area contributed by atoms with E-state index in [0.29, 0.717) is 6.42 Å². The van der Waals surface area contributed by atoms with Crippen molar-refractivity contribution >= 4 is 5.91 Å². The Bertz CT molecular complexity index is 895. The second-order valence-electron chi connectivity index (χ2n) is 13.0. The molecule has 0 aromatic rings. The second kappa shape index (κ2) is 39.0. The van der Waals surface area contributed by atoms with Crippen molar-refractivity contribution in [3.63, 3.8) is 0 Å². The van der Waals surface area contributed by atoms with Gasteiger partial charge in [0.2, 0.25) is 5.91 Å². The quantitative estimate of drug-likeness (QED) is 0.0473. The number of hydrogen-bond acceptors (Lipinski definition) is 3. The molecule has 0 rings (SSSR count). The predicted octanol–water partition coefficient (Wildman–Crippen LogP) is 12.1. The second-order valence-corrected chi connectivity index (χ2v) is 13.0. The van der Waals surface area contributed by atoms with Crippen molar-refractivity contribution in [2.45, 2.75) is 180 Å². The van der Waals surface area contributed by atoms with Crippen molar-refractivity contribution in [1.29, 1.82) is 0 Å². The van der Waals surface area contributed by atoms with E-state index in [1.165, 1.54) is 70.6 Å². The minimum atomic E-state index is -0.848. The molecule has 0 aliphatic heterocycles. The maximum absolute atomic E-state index is 12.3. The first-order chi connectivity index (χ1) is 23.7. The molecule has 0 aliphatic carbocycles. The van der Waals surface area contributed by atoms with Crippen LogP contribution in [-0.2, 0) is 4.79 Å². The number of hydrogen-bond donors (Lipinski definition) is 3. The fourth-order valence-electron chi connectivity index (χ4n) is 5.36. The lowest BCUT2D eigenvalue weighted by Crippen LogP contribution is -2.45. The standard InChI is InChI=1S/C44H75NO3/c1-3-5-7-9-11-13-15-16-17-18-19-20-21-22-23-24-25-26-27-28-30-32-34-36-38-40-44(48)45-42(41-46)43(47)39-37-35-33-31-29-14-12-10-8-6-4-2/h5,7,11,13,16-17,19-20,22-23,25-26,37,39,42-43,46-47H,3-4,6,8-10,12,14-15,18,21,24,27-36,38,40-41H2,1-2H3,(H,45,48)/b7-5-,13-11-,17-16-,20-19-,23-22-,26-25-,39-37+. The molecule has 48 heavy (non-hydrogen) atoms. The highest BCUT2D eigenvalue weighted by molar-refractivity contribution is 5.76. The van der Waals surface area contributed by atoms with Crippen LogP contribution in [0, 0.1) is 0 Å². The normalized spacial score (nSPS) is 14.0. The first-order valence-electron chi connectivity index (χ1n) is 19.8. The molecule has 3 N–H and O–H groups in total. The fourth-order valence-corrected chi connectivity index (χ4v) is 5.36. The third-order valence-electron chi connectivity index (χ3n) is 8.38. The Kier molecular flexibility index (Phi) is 37.0. The van der Waals surface area contributed by atoms with Crippen LogP contribution in [-0.4, -0.2) is 34.9 Å². The molecule has 0 aromatic heterocycles. The number of carbonyl (C=O) groups is 1. The maximum atomic E-state index is 12.3. The Hall–Kier alpha value is -2.43.